The van der Waals surface area contributed by atoms with E-state index in [1.165, 1.54) is 5.56 Å². The molecule has 0 amide bonds. The van der Waals surface area contributed by atoms with Crippen LogP contribution in [0.5, 0.6) is 0 Å². The summed E-state index contributed by atoms with van der Waals surface area (Å²) in [6.45, 7) is 10.7. The van der Waals surface area contributed by atoms with E-state index in [1.54, 1.807) is 0 Å². The molecule has 1 aliphatic heterocycles. The smallest absolute Gasteiger partial charge is 0.402 e. The van der Waals surface area contributed by atoms with Crippen molar-refractivity contribution >= 4 is 12.6 Å². The Bertz CT molecular complexity index is 380. The molecule has 1 fully saturated rings. The van der Waals surface area contributed by atoms with Crippen LogP contribution in [0.15, 0.2) is 24.3 Å². The zero-order chi connectivity index (χ0) is 12.6. The first-order valence-electron chi connectivity index (χ1n) is 6.25. The van der Waals surface area contributed by atoms with Crippen LogP contribution in [0.25, 0.3) is 0 Å². The van der Waals surface area contributed by atoms with Gasteiger partial charge in [0.05, 0.1) is 12.2 Å². The van der Waals surface area contributed by atoms with Crippen molar-refractivity contribution in [3.05, 3.63) is 29.8 Å². The first-order chi connectivity index (χ1) is 7.88. The van der Waals surface area contributed by atoms with Gasteiger partial charge in [-0.3, -0.25) is 0 Å². The highest BCUT2D eigenvalue weighted by Gasteiger charge is 2.43. The Morgan fingerprint density at radius 2 is 1.65 bits per heavy atom. The Hall–Kier alpha value is -0.795. The van der Waals surface area contributed by atoms with Crippen LogP contribution in [0.1, 0.15) is 33.3 Å². The fourth-order valence-corrected chi connectivity index (χ4v) is 2.33. The lowest BCUT2D eigenvalue weighted by atomic mass is 9.79. The summed E-state index contributed by atoms with van der Waals surface area (Å²) in [5, 5.41) is 0. The molecule has 1 aliphatic rings. The Morgan fingerprint density at radius 1 is 1.06 bits per heavy atom. The standard InChI is InChI=1S/C14H21BO2/c1-10-6-8-12(9-7-10)15-16-11(2)13(17-15)14(3,4)5/h6-9,11,13H,1-5H3. The second-order valence-corrected chi connectivity index (χ2v) is 6.01. The Kier molecular flexibility index (Phi) is 3.33. The first kappa shape index (κ1) is 12.7. The Labute approximate surface area is 104 Å². The van der Waals surface area contributed by atoms with Crippen molar-refractivity contribution in [1.82, 2.24) is 0 Å². The van der Waals surface area contributed by atoms with Gasteiger partial charge in [-0.05, 0) is 24.7 Å². The van der Waals surface area contributed by atoms with Crippen molar-refractivity contribution < 1.29 is 9.31 Å². The summed E-state index contributed by atoms with van der Waals surface area (Å²) in [6, 6.07) is 8.35. The maximum atomic E-state index is 6.04. The molecule has 1 heterocycles. The number of rotatable bonds is 1. The van der Waals surface area contributed by atoms with E-state index in [2.05, 4.69) is 58.9 Å². The Balaban J connectivity index is 2.14. The third-order valence-electron chi connectivity index (χ3n) is 3.24. The molecule has 2 atom stereocenters. The van der Waals surface area contributed by atoms with Gasteiger partial charge in [0.25, 0.3) is 0 Å². The van der Waals surface area contributed by atoms with Gasteiger partial charge in [-0.15, -0.1) is 0 Å². The molecule has 2 nitrogen and oxygen atoms in total. The van der Waals surface area contributed by atoms with Gasteiger partial charge in [0.15, 0.2) is 0 Å². The molecule has 17 heavy (non-hydrogen) atoms. The molecule has 0 N–H and O–H groups in total. The predicted octanol–water partition coefficient (Wildman–Crippen LogP) is 2.54. The Morgan fingerprint density at radius 3 is 2.12 bits per heavy atom. The lowest BCUT2D eigenvalue weighted by molar-refractivity contribution is 0.0674. The van der Waals surface area contributed by atoms with Crippen molar-refractivity contribution in [3.8, 4) is 0 Å². The number of aryl methyl sites for hydroxylation is 1. The quantitative estimate of drug-likeness (QED) is 0.693. The minimum atomic E-state index is -0.213. The van der Waals surface area contributed by atoms with Crippen molar-refractivity contribution in [3.63, 3.8) is 0 Å². The highest BCUT2D eigenvalue weighted by atomic mass is 16.7. The van der Waals surface area contributed by atoms with E-state index in [-0.39, 0.29) is 24.7 Å². The van der Waals surface area contributed by atoms with Gasteiger partial charge >= 0.3 is 7.12 Å². The highest BCUT2D eigenvalue weighted by molar-refractivity contribution is 6.61. The number of hydrogen-bond donors (Lipinski definition) is 0. The lowest BCUT2D eigenvalue weighted by Crippen LogP contribution is -2.36. The molecular formula is C14H21BO2. The van der Waals surface area contributed by atoms with Crippen molar-refractivity contribution in [2.24, 2.45) is 5.41 Å². The third kappa shape index (κ3) is 2.72. The maximum Gasteiger partial charge on any atom is 0.494 e. The zero-order valence-corrected chi connectivity index (χ0v) is 11.4. The van der Waals surface area contributed by atoms with E-state index >= 15 is 0 Å². The van der Waals surface area contributed by atoms with E-state index in [1.807, 2.05) is 0 Å². The molecule has 3 heteroatoms. The van der Waals surface area contributed by atoms with Gasteiger partial charge in [0, 0.05) is 0 Å². The summed E-state index contributed by atoms with van der Waals surface area (Å²) in [6.07, 6.45) is 0.287. The maximum absolute atomic E-state index is 6.04. The van der Waals surface area contributed by atoms with Crippen LogP contribution in [-0.2, 0) is 9.31 Å². The van der Waals surface area contributed by atoms with Gasteiger partial charge in [-0.1, -0.05) is 50.6 Å². The number of benzene rings is 1. The van der Waals surface area contributed by atoms with Crippen LogP contribution in [-0.4, -0.2) is 19.3 Å². The van der Waals surface area contributed by atoms with Crippen molar-refractivity contribution in [2.45, 2.75) is 46.8 Å². The molecule has 92 valence electrons. The SMILES string of the molecule is Cc1ccc(B2OC(C)C(C(C)(C)C)O2)cc1. The van der Waals surface area contributed by atoms with E-state index in [0.717, 1.165) is 5.46 Å². The van der Waals surface area contributed by atoms with E-state index < -0.39 is 0 Å². The molecule has 0 aromatic heterocycles. The summed E-state index contributed by atoms with van der Waals surface area (Å²) in [5.41, 5.74) is 2.47. The molecule has 2 rings (SSSR count). The summed E-state index contributed by atoms with van der Waals surface area (Å²) in [4.78, 5) is 0. The summed E-state index contributed by atoms with van der Waals surface area (Å²) in [5.74, 6) is 0. The van der Waals surface area contributed by atoms with Gasteiger partial charge < -0.3 is 9.31 Å². The number of hydrogen-bond acceptors (Lipinski definition) is 2. The normalized spacial score (nSPS) is 25.4. The second-order valence-electron chi connectivity index (χ2n) is 6.01. The zero-order valence-electron chi connectivity index (χ0n) is 11.4. The van der Waals surface area contributed by atoms with Crippen LogP contribution in [0.3, 0.4) is 0 Å². The van der Waals surface area contributed by atoms with Gasteiger partial charge in [-0.25, -0.2) is 0 Å². The van der Waals surface area contributed by atoms with E-state index in [4.69, 9.17) is 9.31 Å². The molecule has 0 bridgehead atoms. The predicted molar refractivity (Wildman–Crippen MR) is 71.4 cm³/mol. The summed E-state index contributed by atoms with van der Waals surface area (Å²) in [7, 11) is -0.213. The summed E-state index contributed by atoms with van der Waals surface area (Å²) >= 11 is 0. The second kappa shape index (κ2) is 4.47. The van der Waals surface area contributed by atoms with Gasteiger partial charge in [-0.2, -0.15) is 0 Å². The lowest BCUT2D eigenvalue weighted by Gasteiger charge is -2.28. The minimum absolute atomic E-state index is 0.110. The molecule has 0 spiro atoms. The van der Waals surface area contributed by atoms with Crippen molar-refractivity contribution in [2.75, 3.05) is 0 Å². The third-order valence-corrected chi connectivity index (χ3v) is 3.24. The molecule has 1 aromatic carbocycles. The highest BCUT2D eigenvalue weighted by Crippen LogP contribution is 2.31. The molecule has 0 saturated carbocycles. The van der Waals surface area contributed by atoms with Crippen LogP contribution in [0.4, 0.5) is 0 Å². The van der Waals surface area contributed by atoms with Crippen LogP contribution in [0, 0.1) is 12.3 Å². The molecule has 1 aromatic rings. The van der Waals surface area contributed by atoms with Gasteiger partial charge in [0.1, 0.15) is 0 Å². The minimum Gasteiger partial charge on any atom is -0.402 e. The van der Waals surface area contributed by atoms with Crippen LogP contribution < -0.4 is 5.46 Å². The molecule has 0 radical (unpaired) electrons. The van der Waals surface area contributed by atoms with Crippen LogP contribution >= 0.6 is 0 Å². The molecular weight excluding hydrogens is 211 g/mol. The molecule has 1 saturated heterocycles. The fraction of sp³-hybridized carbons (Fsp3) is 0.571. The van der Waals surface area contributed by atoms with Crippen LogP contribution in [0.2, 0.25) is 0 Å². The van der Waals surface area contributed by atoms with E-state index in [9.17, 15) is 0 Å². The van der Waals surface area contributed by atoms with Gasteiger partial charge in [0.2, 0.25) is 0 Å². The fourth-order valence-electron chi connectivity index (χ4n) is 2.33. The topological polar surface area (TPSA) is 18.5 Å². The summed E-state index contributed by atoms with van der Waals surface area (Å²) < 4.78 is 11.9. The van der Waals surface area contributed by atoms with Crippen molar-refractivity contribution in [1.29, 1.82) is 0 Å². The first-order valence-corrected chi connectivity index (χ1v) is 6.25. The average molecular weight is 232 g/mol. The molecule has 2 unspecified atom stereocenters. The monoisotopic (exact) mass is 232 g/mol. The van der Waals surface area contributed by atoms with E-state index in [0.29, 0.717) is 0 Å². The largest absolute Gasteiger partial charge is 0.494 e. The molecule has 0 aliphatic carbocycles. The average Bonchev–Trinajstić information content (AvgIpc) is 2.61.